The molecule has 10 nitrogen and oxygen atoms in total. The van der Waals surface area contributed by atoms with Crippen LogP contribution >= 0.6 is 0 Å². The Bertz CT molecular complexity index is 749. The Morgan fingerprint density at radius 2 is 2.36 bits per heavy atom. The van der Waals surface area contributed by atoms with Crippen LogP contribution in [0.5, 0.6) is 0 Å². The highest BCUT2D eigenvalue weighted by Crippen LogP contribution is 2.08. The molecule has 2 rings (SSSR count). The summed E-state index contributed by atoms with van der Waals surface area (Å²) in [5, 5.41) is 21.6. The monoisotopic (exact) mass is 309 g/mol. The lowest BCUT2D eigenvalue weighted by Crippen LogP contribution is -2.23. The standard InChI is InChI=1S/C11H12FN7O3/c1-7-9(11(12)17(2)16-7)4-13-15-10(20)6-18-5-8(3-14-18)19(21)22/h3-5H,6H2,1-2H3,(H,15,20). The first-order valence-corrected chi connectivity index (χ1v) is 6.06. The second-order valence-corrected chi connectivity index (χ2v) is 4.36. The van der Waals surface area contributed by atoms with Gasteiger partial charge in [-0.1, -0.05) is 0 Å². The topological polar surface area (TPSA) is 120 Å². The van der Waals surface area contributed by atoms with E-state index in [-0.39, 0.29) is 17.8 Å². The molecule has 22 heavy (non-hydrogen) atoms. The number of nitro groups is 1. The Hall–Kier alpha value is -3.11. The zero-order valence-corrected chi connectivity index (χ0v) is 11.7. The van der Waals surface area contributed by atoms with E-state index in [1.165, 1.54) is 7.05 Å². The van der Waals surface area contributed by atoms with Crippen LogP contribution in [0.1, 0.15) is 11.3 Å². The lowest BCUT2D eigenvalue weighted by atomic mass is 10.3. The Morgan fingerprint density at radius 1 is 1.64 bits per heavy atom. The predicted molar refractivity (Wildman–Crippen MR) is 72.5 cm³/mol. The lowest BCUT2D eigenvalue weighted by molar-refractivity contribution is -0.385. The summed E-state index contributed by atoms with van der Waals surface area (Å²) in [7, 11) is 1.45. The van der Waals surface area contributed by atoms with Crippen molar-refractivity contribution in [1.82, 2.24) is 25.0 Å². The van der Waals surface area contributed by atoms with Crippen LogP contribution in [-0.4, -0.2) is 36.6 Å². The summed E-state index contributed by atoms with van der Waals surface area (Å²) >= 11 is 0. The molecule has 0 radical (unpaired) electrons. The molecule has 0 aromatic carbocycles. The first-order chi connectivity index (χ1) is 10.4. The zero-order chi connectivity index (χ0) is 16.3. The third-order valence-electron chi connectivity index (χ3n) is 2.72. The second kappa shape index (κ2) is 6.11. The predicted octanol–water partition coefficient (Wildman–Crippen LogP) is 0.123. The molecule has 2 aromatic heterocycles. The summed E-state index contributed by atoms with van der Waals surface area (Å²) in [6.07, 6.45) is 3.29. The van der Waals surface area contributed by atoms with Crippen molar-refractivity contribution in [3.8, 4) is 0 Å². The minimum absolute atomic E-state index is 0.164. The summed E-state index contributed by atoms with van der Waals surface area (Å²) < 4.78 is 15.7. The van der Waals surface area contributed by atoms with E-state index in [0.717, 1.165) is 28.0 Å². The van der Waals surface area contributed by atoms with Gasteiger partial charge in [0.2, 0.25) is 5.95 Å². The molecule has 0 saturated carbocycles. The van der Waals surface area contributed by atoms with E-state index < -0.39 is 16.8 Å². The van der Waals surface area contributed by atoms with E-state index in [1.807, 2.05) is 0 Å². The van der Waals surface area contributed by atoms with Crippen molar-refractivity contribution < 1.29 is 14.1 Å². The zero-order valence-electron chi connectivity index (χ0n) is 11.7. The number of nitrogens with one attached hydrogen (secondary N) is 1. The van der Waals surface area contributed by atoms with Crippen molar-refractivity contribution in [2.24, 2.45) is 12.1 Å². The first kappa shape index (κ1) is 15.3. The van der Waals surface area contributed by atoms with Gasteiger partial charge in [0.15, 0.2) is 0 Å². The summed E-state index contributed by atoms with van der Waals surface area (Å²) in [5.41, 5.74) is 2.56. The van der Waals surface area contributed by atoms with E-state index in [9.17, 15) is 19.3 Å². The van der Waals surface area contributed by atoms with Gasteiger partial charge in [-0.25, -0.2) is 10.1 Å². The number of hydrogen-bond donors (Lipinski definition) is 1. The van der Waals surface area contributed by atoms with Crippen LogP contribution in [0.4, 0.5) is 10.1 Å². The molecule has 116 valence electrons. The highest BCUT2D eigenvalue weighted by atomic mass is 19.1. The Kier molecular flexibility index (Phi) is 4.25. The van der Waals surface area contributed by atoms with Gasteiger partial charge in [0.25, 0.3) is 5.91 Å². The highest BCUT2D eigenvalue weighted by molar-refractivity contribution is 5.83. The molecular weight excluding hydrogens is 297 g/mol. The summed E-state index contributed by atoms with van der Waals surface area (Å²) in [6, 6.07) is 0. The van der Waals surface area contributed by atoms with Gasteiger partial charge in [-0.3, -0.25) is 19.6 Å². The lowest BCUT2D eigenvalue weighted by Gasteiger charge is -1.99. The molecule has 11 heteroatoms. The van der Waals surface area contributed by atoms with Crippen molar-refractivity contribution in [2.75, 3.05) is 0 Å². The molecule has 2 aromatic rings. The molecule has 0 aliphatic rings. The van der Waals surface area contributed by atoms with E-state index in [2.05, 4.69) is 20.7 Å². The number of aromatic nitrogens is 4. The molecule has 0 unspecified atom stereocenters. The third-order valence-corrected chi connectivity index (χ3v) is 2.72. The molecule has 0 aliphatic heterocycles. The fourth-order valence-corrected chi connectivity index (χ4v) is 1.68. The van der Waals surface area contributed by atoms with Gasteiger partial charge in [0, 0.05) is 7.05 Å². The van der Waals surface area contributed by atoms with E-state index in [4.69, 9.17) is 0 Å². The average molecular weight is 309 g/mol. The van der Waals surface area contributed by atoms with Gasteiger partial charge in [0.1, 0.15) is 18.9 Å². The number of aryl methyl sites for hydroxylation is 2. The van der Waals surface area contributed by atoms with Crippen LogP contribution in [0.3, 0.4) is 0 Å². The SMILES string of the molecule is Cc1nn(C)c(F)c1C=NNC(=O)Cn1cc([N+](=O)[O-])cn1. The Morgan fingerprint density at radius 3 is 2.91 bits per heavy atom. The van der Waals surface area contributed by atoms with Crippen molar-refractivity contribution in [2.45, 2.75) is 13.5 Å². The highest BCUT2D eigenvalue weighted by Gasteiger charge is 2.12. The maximum absolute atomic E-state index is 13.6. The molecule has 0 atom stereocenters. The number of amides is 1. The minimum atomic E-state index is -0.618. The van der Waals surface area contributed by atoms with Crippen LogP contribution in [0, 0.1) is 23.0 Å². The fraction of sp³-hybridized carbons (Fsp3) is 0.273. The maximum atomic E-state index is 13.6. The van der Waals surface area contributed by atoms with Gasteiger partial charge >= 0.3 is 5.69 Å². The molecule has 2 heterocycles. The largest absolute Gasteiger partial charge is 0.307 e. The van der Waals surface area contributed by atoms with Crippen molar-refractivity contribution >= 4 is 17.8 Å². The first-order valence-electron chi connectivity index (χ1n) is 6.06. The number of halogens is 1. The van der Waals surface area contributed by atoms with Gasteiger partial charge in [0.05, 0.1) is 22.4 Å². The van der Waals surface area contributed by atoms with E-state index in [1.54, 1.807) is 6.92 Å². The molecule has 0 bridgehead atoms. The van der Waals surface area contributed by atoms with E-state index >= 15 is 0 Å². The van der Waals surface area contributed by atoms with E-state index in [0.29, 0.717) is 5.69 Å². The normalized spacial score (nSPS) is 11.0. The number of carbonyl (C=O) groups excluding carboxylic acids is 1. The Balaban J connectivity index is 1.94. The minimum Gasteiger partial charge on any atom is -0.271 e. The third kappa shape index (κ3) is 3.31. The van der Waals surface area contributed by atoms with Crippen LogP contribution < -0.4 is 5.43 Å². The maximum Gasteiger partial charge on any atom is 0.307 e. The van der Waals surface area contributed by atoms with Crippen LogP contribution in [-0.2, 0) is 18.4 Å². The molecule has 0 aliphatic carbocycles. The van der Waals surface area contributed by atoms with Crippen molar-refractivity contribution in [1.29, 1.82) is 0 Å². The van der Waals surface area contributed by atoms with Gasteiger partial charge in [-0.05, 0) is 6.92 Å². The van der Waals surface area contributed by atoms with Crippen LogP contribution in [0.15, 0.2) is 17.5 Å². The summed E-state index contributed by atoms with van der Waals surface area (Å²) in [6.45, 7) is 1.36. The van der Waals surface area contributed by atoms with Gasteiger partial charge in [-0.15, -0.1) is 0 Å². The molecule has 0 saturated heterocycles. The number of rotatable bonds is 5. The average Bonchev–Trinajstić information content (AvgIpc) is 2.99. The molecule has 0 fully saturated rings. The van der Waals surface area contributed by atoms with Crippen molar-refractivity contribution in [3.05, 3.63) is 39.7 Å². The number of hydrazone groups is 1. The summed E-state index contributed by atoms with van der Waals surface area (Å²) in [4.78, 5) is 21.4. The number of carbonyl (C=O) groups is 1. The van der Waals surface area contributed by atoms with Crippen molar-refractivity contribution in [3.63, 3.8) is 0 Å². The smallest absolute Gasteiger partial charge is 0.271 e. The number of nitrogens with zero attached hydrogens (tertiary/aromatic N) is 6. The Labute approximate surface area is 123 Å². The quantitative estimate of drug-likeness (QED) is 0.478. The second-order valence-electron chi connectivity index (χ2n) is 4.36. The molecular formula is C11H12FN7O3. The molecule has 0 spiro atoms. The van der Waals surface area contributed by atoms with Gasteiger partial charge < -0.3 is 0 Å². The van der Waals surface area contributed by atoms with Gasteiger partial charge in [-0.2, -0.15) is 19.7 Å². The number of hydrogen-bond acceptors (Lipinski definition) is 6. The van der Waals surface area contributed by atoms with Crippen LogP contribution in [0.25, 0.3) is 0 Å². The fourth-order valence-electron chi connectivity index (χ4n) is 1.68. The molecule has 1 N–H and O–H groups in total. The molecule has 1 amide bonds. The summed E-state index contributed by atoms with van der Waals surface area (Å²) in [5.74, 6) is -1.13. The van der Waals surface area contributed by atoms with Crippen LogP contribution in [0.2, 0.25) is 0 Å².